The smallest absolute Gasteiger partial charge is 0.141 e. The second-order valence-corrected chi connectivity index (χ2v) is 7.27. The van der Waals surface area contributed by atoms with Gasteiger partial charge in [0.25, 0.3) is 0 Å². The van der Waals surface area contributed by atoms with E-state index in [0.29, 0.717) is 18.7 Å². The molecule has 0 aliphatic carbocycles. The van der Waals surface area contributed by atoms with Crippen LogP contribution in [0.3, 0.4) is 0 Å². The SMILES string of the molecule is CCC(O)(c1ccc(F)cn1)C1CCOC2(CCSC2)C1. The van der Waals surface area contributed by atoms with Crippen molar-refractivity contribution in [3.05, 3.63) is 29.8 Å². The van der Waals surface area contributed by atoms with Gasteiger partial charge in [0.2, 0.25) is 0 Å². The Hall–Kier alpha value is -0.650. The summed E-state index contributed by atoms with van der Waals surface area (Å²) >= 11 is 1.93. The fourth-order valence-electron chi connectivity index (χ4n) is 3.61. The fraction of sp³-hybridized carbons (Fsp3) is 0.688. The summed E-state index contributed by atoms with van der Waals surface area (Å²) in [5, 5.41) is 11.2. The van der Waals surface area contributed by atoms with Gasteiger partial charge in [-0.25, -0.2) is 4.39 Å². The minimum atomic E-state index is -0.988. The number of nitrogens with zero attached hydrogens (tertiary/aromatic N) is 1. The Bertz CT molecular complexity index is 490. The first-order valence-corrected chi connectivity index (χ1v) is 8.80. The van der Waals surface area contributed by atoms with Gasteiger partial charge in [-0.05, 0) is 49.5 Å². The van der Waals surface area contributed by atoms with E-state index >= 15 is 0 Å². The average molecular weight is 311 g/mol. The fourth-order valence-corrected chi connectivity index (χ4v) is 4.99. The van der Waals surface area contributed by atoms with Crippen molar-refractivity contribution in [1.29, 1.82) is 0 Å². The van der Waals surface area contributed by atoms with Crippen molar-refractivity contribution in [2.24, 2.45) is 5.92 Å². The number of ether oxygens (including phenoxy) is 1. The van der Waals surface area contributed by atoms with Crippen LogP contribution in [0.15, 0.2) is 18.3 Å². The molecule has 0 aromatic carbocycles. The van der Waals surface area contributed by atoms with Crippen LogP contribution in [-0.4, -0.2) is 33.8 Å². The number of rotatable bonds is 3. The van der Waals surface area contributed by atoms with Crippen molar-refractivity contribution in [3.8, 4) is 0 Å². The maximum atomic E-state index is 13.1. The van der Waals surface area contributed by atoms with Gasteiger partial charge in [0.05, 0.1) is 17.5 Å². The van der Waals surface area contributed by atoms with E-state index in [2.05, 4.69) is 4.98 Å². The van der Waals surface area contributed by atoms with Crippen LogP contribution < -0.4 is 0 Å². The van der Waals surface area contributed by atoms with Crippen LogP contribution in [0.25, 0.3) is 0 Å². The van der Waals surface area contributed by atoms with Gasteiger partial charge >= 0.3 is 0 Å². The molecule has 5 heteroatoms. The summed E-state index contributed by atoms with van der Waals surface area (Å²) in [6.07, 6.45) is 4.53. The second-order valence-electron chi connectivity index (χ2n) is 6.16. The highest BCUT2D eigenvalue weighted by Crippen LogP contribution is 2.47. The van der Waals surface area contributed by atoms with E-state index in [-0.39, 0.29) is 17.3 Å². The highest BCUT2D eigenvalue weighted by molar-refractivity contribution is 7.99. The first kappa shape index (κ1) is 15.3. The summed E-state index contributed by atoms with van der Waals surface area (Å²) in [4.78, 5) is 4.14. The minimum absolute atomic E-state index is 0.0727. The molecule has 3 atom stereocenters. The predicted octanol–water partition coefficient (Wildman–Crippen LogP) is 3.12. The summed E-state index contributed by atoms with van der Waals surface area (Å²) in [5.41, 5.74) is -0.479. The summed E-state index contributed by atoms with van der Waals surface area (Å²) in [7, 11) is 0. The Morgan fingerprint density at radius 3 is 3.05 bits per heavy atom. The Morgan fingerprint density at radius 2 is 2.43 bits per heavy atom. The number of halogens is 1. The maximum absolute atomic E-state index is 13.1. The summed E-state index contributed by atoms with van der Waals surface area (Å²) in [6, 6.07) is 2.99. The standard InChI is InChI=1S/C16H22FNO2S/c1-2-16(19,14-4-3-13(17)10-18-14)12-5-7-20-15(9-12)6-8-21-11-15/h3-4,10,12,19H,2,5-9,11H2,1H3. The number of aliphatic hydroxyl groups is 1. The maximum Gasteiger partial charge on any atom is 0.141 e. The van der Waals surface area contributed by atoms with Crippen LogP contribution in [0.5, 0.6) is 0 Å². The molecule has 3 nitrogen and oxygen atoms in total. The molecule has 2 fully saturated rings. The Kier molecular flexibility index (Phi) is 4.26. The molecular formula is C16H22FNO2S. The zero-order valence-corrected chi connectivity index (χ0v) is 13.2. The van der Waals surface area contributed by atoms with Crippen LogP contribution in [0.1, 0.15) is 38.3 Å². The molecule has 21 heavy (non-hydrogen) atoms. The zero-order valence-electron chi connectivity index (χ0n) is 12.3. The summed E-state index contributed by atoms with van der Waals surface area (Å²) < 4.78 is 19.1. The lowest BCUT2D eigenvalue weighted by atomic mass is 9.72. The monoisotopic (exact) mass is 311 g/mol. The third kappa shape index (κ3) is 2.83. The third-order valence-electron chi connectivity index (χ3n) is 4.95. The number of thioether (sulfide) groups is 1. The molecule has 1 spiro atoms. The molecule has 3 heterocycles. The van der Waals surface area contributed by atoms with Gasteiger partial charge in [0, 0.05) is 12.4 Å². The second kappa shape index (κ2) is 5.86. The molecule has 0 amide bonds. The zero-order chi connectivity index (χ0) is 14.9. The quantitative estimate of drug-likeness (QED) is 0.931. The van der Waals surface area contributed by atoms with E-state index < -0.39 is 5.60 Å². The lowest BCUT2D eigenvalue weighted by Crippen LogP contribution is -2.47. The summed E-state index contributed by atoms with van der Waals surface area (Å²) in [6.45, 7) is 2.66. The van der Waals surface area contributed by atoms with Gasteiger partial charge < -0.3 is 9.84 Å². The first-order valence-electron chi connectivity index (χ1n) is 7.64. The van der Waals surface area contributed by atoms with Crippen molar-refractivity contribution >= 4 is 11.8 Å². The van der Waals surface area contributed by atoms with Gasteiger partial charge in [0.1, 0.15) is 11.4 Å². The first-order chi connectivity index (χ1) is 10.1. The Labute approximate surface area is 129 Å². The van der Waals surface area contributed by atoms with Crippen molar-refractivity contribution in [2.45, 2.75) is 43.8 Å². The average Bonchev–Trinajstić information content (AvgIpc) is 2.95. The van der Waals surface area contributed by atoms with Crippen LogP contribution in [0.2, 0.25) is 0 Å². The number of aromatic nitrogens is 1. The predicted molar refractivity (Wildman–Crippen MR) is 81.7 cm³/mol. The third-order valence-corrected chi connectivity index (χ3v) is 6.17. The molecule has 3 rings (SSSR count). The van der Waals surface area contributed by atoms with E-state index in [0.717, 1.165) is 30.8 Å². The molecular weight excluding hydrogens is 289 g/mol. The minimum Gasteiger partial charge on any atom is -0.383 e. The summed E-state index contributed by atoms with van der Waals surface area (Å²) in [5.74, 6) is 1.90. The highest BCUT2D eigenvalue weighted by Gasteiger charge is 2.48. The van der Waals surface area contributed by atoms with E-state index in [9.17, 15) is 9.50 Å². The lowest BCUT2D eigenvalue weighted by Gasteiger charge is -2.44. The van der Waals surface area contributed by atoms with Gasteiger partial charge in [-0.2, -0.15) is 11.8 Å². The highest BCUT2D eigenvalue weighted by atomic mass is 32.2. The molecule has 0 saturated carbocycles. The normalized spacial score (nSPS) is 32.2. The van der Waals surface area contributed by atoms with Gasteiger partial charge in [-0.3, -0.25) is 4.98 Å². The molecule has 116 valence electrons. The van der Waals surface area contributed by atoms with E-state index in [1.807, 2.05) is 18.7 Å². The molecule has 1 N–H and O–H groups in total. The van der Waals surface area contributed by atoms with Crippen molar-refractivity contribution in [2.75, 3.05) is 18.1 Å². The Balaban J connectivity index is 1.86. The topological polar surface area (TPSA) is 42.4 Å². The molecule has 1 aromatic heterocycles. The molecule has 2 saturated heterocycles. The number of hydrogen-bond acceptors (Lipinski definition) is 4. The van der Waals surface area contributed by atoms with Gasteiger partial charge in [-0.1, -0.05) is 6.92 Å². The van der Waals surface area contributed by atoms with E-state index in [4.69, 9.17) is 4.74 Å². The van der Waals surface area contributed by atoms with E-state index in [1.54, 1.807) is 6.07 Å². The van der Waals surface area contributed by atoms with Gasteiger partial charge in [0.15, 0.2) is 0 Å². The van der Waals surface area contributed by atoms with Crippen LogP contribution in [0, 0.1) is 11.7 Å². The molecule has 1 aromatic rings. The lowest BCUT2D eigenvalue weighted by molar-refractivity contribution is -0.138. The number of hydrogen-bond donors (Lipinski definition) is 1. The molecule has 2 aliphatic heterocycles. The van der Waals surface area contributed by atoms with E-state index in [1.165, 1.54) is 12.3 Å². The van der Waals surface area contributed by atoms with Crippen molar-refractivity contribution in [1.82, 2.24) is 4.98 Å². The molecule has 0 bridgehead atoms. The van der Waals surface area contributed by atoms with Crippen LogP contribution in [0.4, 0.5) is 4.39 Å². The number of pyridine rings is 1. The Morgan fingerprint density at radius 1 is 1.57 bits per heavy atom. The molecule has 2 aliphatic rings. The van der Waals surface area contributed by atoms with Crippen molar-refractivity contribution < 1.29 is 14.2 Å². The molecule has 0 radical (unpaired) electrons. The molecule has 3 unspecified atom stereocenters. The van der Waals surface area contributed by atoms with Crippen LogP contribution >= 0.6 is 11.8 Å². The van der Waals surface area contributed by atoms with Crippen molar-refractivity contribution in [3.63, 3.8) is 0 Å². The van der Waals surface area contributed by atoms with Crippen LogP contribution in [-0.2, 0) is 10.3 Å². The largest absolute Gasteiger partial charge is 0.383 e. The van der Waals surface area contributed by atoms with Gasteiger partial charge in [-0.15, -0.1) is 0 Å².